The standard InChI is InChI=1S/C19H20F6N4O/c1-10(26)17(30)28-12-7-11(18(20,21)22)8-29(9-12)15-5-4-14(19(23,24)25)16-13(15)3-2-6-27-16/h2-6,10-12H,7-9,26H2,1H3,(H,28,30)/t10-,11-,12+/m0/s1. The van der Waals surface area contributed by atoms with Gasteiger partial charge in [-0.3, -0.25) is 9.78 Å². The lowest BCUT2D eigenvalue weighted by Crippen LogP contribution is -2.55. The molecule has 0 unspecified atom stereocenters. The average molecular weight is 434 g/mol. The smallest absolute Gasteiger partial charge is 0.368 e. The third-order valence-electron chi connectivity index (χ3n) is 5.07. The topological polar surface area (TPSA) is 71.2 Å². The molecule has 1 aliphatic rings. The van der Waals surface area contributed by atoms with Gasteiger partial charge in [-0.2, -0.15) is 26.3 Å². The van der Waals surface area contributed by atoms with Gasteiger partial charge in [0.25, 0.3) is 0 Å². The van der Waals surface area contributed by atoms with Crippen molar-refractivity contribution in [3.8, 4) is 0 Å². The third kappa shape index (κ3) is 4.61. The SMILES string of the molecule is C[C@H](N)C(=O)N[C@@H]1C[C@H](C(F)(F)F)CN(c2ccc(C(F)(F)F)c3ncccc23)C1. The minimum atomic E-state index is -4.66. The molecular formula is C19H20F6N4O. The lowest BCUT2D eigenvalue weighted by Gasteiger charge is -2.40. The summed E-state index contributed by atoms with van der Waals surface area (Å²) in [6.45, 7) is 0.968. The van der Waals surface area contributed by atoms with E-state index in [-0.39, 0.29) is 29.6 Å². The quantitative estimate of drug-likeness (QED) is 0.726. The molecule has 0 aliphatic carbocycles. The van der Waals surface area contributed by atoms with Gasteiger partial charge in [0.2, 0.25) is 5.91 Å². The van der Waals surface area contributed by atoms with Crippen molar-refractivity contribution >= 4 is 22.5 Å². The van der Waals surface area contributed by atoms with Crippen molar-refractivity contribution in [2.45, 2.75) is 37.8 Å². The van der Waals surface area contributed by atoms with E-state index in [2.05, 4.69) is 10.3 Å². The van der Waals surface area contributed by atoms with Crippen LogP contribution in [0.1, 0.15) is 18.9 Å². The first-order chi connectivity index (χ1) is 13.9. The van der Waals surface area contributed by atoms with Crippen LogP contribution in [0.25, 0.3) is 10.9 Å². The number of amides is 1. The number of rotatable bonds is 3. The second kappa shape index (κ2) is 7.93. The van der Waals surface area contributed by atoms with Crippen LogP contribution in [0.2, 0.25) is 0 Å². The van der Waals surface area contributed by atoms with Crippen LogP contribution in [0, 0.1) is 5.92 Å². The van der Waals surface area contributed by atoms with Crippen molar-refractivity contribution in [2.75, 3.05) is 18.0 Å². The maximum absolute atomic E-state index is 13.5. The van der Waals surface area contributed by atoms with E-state index >= 15 is 0 Å². The van der Waals surface area contributed by atoms with Crippen LogP contribution in [-0.2, 0) is 11.0 Å². The number of aromatic nitrogens is 1. The summed E-state index contributed by atoms with van der Waals surface area (Å²) in [5.41, 5.74) is 4.38. The van der Waals surface area contributed by atoms with Gasteiger partial charge in [0.15, 0.2) is 0 Å². The number of piperidine rings is 1. The van der Waals surface area contributed by atoms with Gasteiger partial charge in [-0.1, -0.05) is 0 Å². The van der Waals surface area contributed by atoms with E-state index in [1.54, 1.807) is 0 Å². The summed E-state index contributed by atoms with van der Waals surface area (Å²) in [6.07, 6.45) is -8.33. The van der Waals surface area contributed by atoms with Gasteiger partial charge >= 0.3 is 12.4 Å². The Morgan fingerprint density at radius 3 is 2.50 bits per heavy atom. The zero-order valence-corrected chi connectivity index (χ0v) is 15.9. The second-order valence-corrected chi connectivity index (χ2v) is 7.40. The zero-order chi connectivity index (χ0) is 22.3. The van der Waals surface area contributed by atoms with E-state index in [0.717, 1.165) is 12.1 Å². The number of nitrogens with zero attached hydrogens (tertiary/aromatic N) is 2. The van der Waals surface area contributed by atoms with Crippen molar-refractivity contribution < 1.29 is 31.1 Å². The van der Waals surface area contributed by atoms with Gasteiger partial charge in [-0.25, -0.2) is 0 Å². The highest BCUT2D eigenvalue weighted by Gasteiger charge is 2.45. The van der Waals surface area contributed by atoms with Crippen LogP contribution < -0.4 is 16.0 Å². The molecule has 1 aliphatic heterocycles. The first kappa shape index (κ1) is 22.1. The second-order valence-electron chi connectivity index (χ2n) is 7.40. The van der Waals surface area contributed by atoms with Crippen LogP contribution in [0.5, 0.6) is 0 Å². The molecule has 1 aromatic carbocycles. The molecule has 1 amide bonds. The molecule has 0 radical (unpaired) electrons. The Morgan fingerprint density at radius 1 is 1.20 bits per heavy atom. The number of fused-ring (bicyclic) bond motifs is 1. The van der Waals surface area contributed by atoms with Crippen molar-refractivity contribution in [1.29, 1.82) is 0 Å². The molecule has 0 saturated carbocycles. The van der Waals surface area contributed by atoms with Crippen molar-refractivity contribution in [2.24, 2.45) is 11.7 Å². The lowest BCUT2D eigenvalue weighted by molar-refractivity contribution is -0.178. The number of pyridine rings is 1. The average Bonchev–Trinajstić information content (AvgIpc) is 2.65. The molecule has 3 atom stereocenters. The van der Waals surface area contributed by atoms with E-state index < -0.39 is 48.4 Å². The number of halogens is 6. The Labute approximate surface area is 168 Å². The Morgan fingerprint density at radius 2 is 1.90 bits per heavy atom. The van der Waals surface area contributed by atoms with E-state index in [1.165, 1.54) is 30.2 Å². The van der Waals surface area contributed by atoms with Crippen LogP contribution in [0.4, 0.5) is 32.0 Å². The number of nitrogens with one attached hydrogen (secondary N) is 1. The van der Waals surface area contributed by atoms with Crippen LogP contribution in [0.3, 0.4) is 0 Å². The number of carbonyl (C=O) groups is 1. The number of nitrogens with two attached hydrogens (primary N) is 1. The minimum Gasteiger partial charge on any atom is -0.368 e. The predicted molar refractivity (Wildman–Crippen MR) is 98.7 cm³/mol. The summed E-state index contributed by atoms with van der Waals surface area (Å²) in [5, 5.41) is 2.59. The van der Waals surface area contributed by atoms with E-state index in [4.69, 9.17) is 5.73 Å². The highest BCUT2D eigenvalue weighted by Crippen LogP contribution is 2.40. The predicted octanol–water partition coefficient (Wildman–Crippen LogP) is 3.47. The molecule has 3 N–H and O–H groups in total. The first-order valence-corrected chi connectivity index (χ1v) is 9.20. The van der Waals surface area contributed by atoms with Crippen molar-refractivity contribution in [1.82, 2.24) is 10.3 Å². The molecule has 164 valence electrons. The summed E-state index contributed by atoms with van der Waals surface area (Å²) < 4.78 is 80.5. The molecule has 5 nitrogen and oxygen atoms in total. The van der Waals surface area contributed by atoms with E-state index in [0.29, 0.717) is 0 Å². The zero-order valence-electron chi connectivity index (χ0n) is 15.9. The summed E-state index contributed by atoms with van der Waals surface area (Å²) in [5.74, 6) is -2.36. The summed E-state index contributed by atoms with van der Waals surface area (Å²) in [4.78, 5) is 17.1. The molecule has 1 fully saturated rings. The molecule has 2 heterocycles. The Bertz CT molecular complexity index is 927. The van der Waals surface area contributed by atoms with Gasteiger partial charge in [0, 0.05) is 36.4 Å². The summed E-state index contributed by atoms with van der Waals surface area (Å²) in [6, 6.07) is 3.01. The number of alkyl halides is 6. The van der Waals surface area contributed by atoms with Crippen LogP contribution >= 0.6 is 0 Å². The van der Waals surface area contributed by atoms with Crippen LogP contribution in [0.15, 0.2) is 30.5 Å². The highest BCUT2D eigenvalue weighted by atomic mass is 19.4. The van der Waals surface area contributed by atoms with Crippen molar-refractivity contribution in [3.05, 3.63) is 36.0 Å². The van der Waals surface area contributed by atoms with Gasteiger partial charge in [0.05, 0.1) is 23.0 Å². The molecule has 2 aromatic rings. The fourth-order valence-corrected chi connectivity index (χ4v) is 3.63. The van der Waals surface area contributed by atoms with Gasteiger partial charge in [-0.05, 0) is 37.6 Å². The number of benzene rings is 1. The van der Waals surface area contributed by atoms with Crippen LogP contribution in [-0.4, -0.2) is 42.2 Å². The normalized spacial score (nSPS) is 21.5. The number of hydrogen-bond acceptors (Lipinski definition) is 4. The van der Waals surface area contributed by atoms with Crippen molar-refractivity contribution in [3.63, 3.8) is 0 Å². The molecule has 0 bridgehead atoms. The molecule has 1 saturated heterocycles. The Hall–Kier alpha value is -2.56. The lowest BCUT2D eigenvalue weighted by atomic mass is 9.92. The monoisotopic (exact) mass is 434 g/mol. The van der Waals surface area contributed by atoms with Gasteiger partial charge in [0.1, 0.15) is 0 Å². The highest BCUT2D eigenvalue weighted by molar-refractivity contribution is 5.94. The Balaban J connectivity index is 2.02. The number of carbonyl (C=O) groups excluding carboxylic acids is 1. The molecule has 0 spiro atoms. The fraction of sp³-hybridized carbons (Fsp3) is 0.474. The maximum Gasteiger partial charge on any atom is 0.418 e. The minimum absolute atomic E-state index is 0.000396. The number of hydrogen-bond donors (Lipinski definition) is 2. The van der Waals surface area contributed by atoms with E-state index in [1.807, 2.05) is 0 Å². The third-order valence-corrected chi connectivity index (χ3v) is 5.07. The van der Waals surface area contributed by atoms with Gasteiger partial charge in [-0.15, -0.1) is 0 Å². The summed E-state index contributed by atoms with van der Waals surface area (Å²) in [7, 11) is 0. The summed E-state index contributed by atoms with van der Waals surface area (Å²) >= 11 is 0. The molecular weight excluding hydrogens is 414 g/mol. The molecule has 30 heavy (non-hydrogen) atoms. The molecule has 3 rings (SSSR count). The van der Waals surface area contributed by atoms with Gasteiger partial charge < -0.3 is 16.0 Å². The fourth-order valence-electron chi connectivity index (χ4n) is 3.63. The molecule has 11 heteroatoms. The molecule has 1 aromatic heterocycles. The Kier molecular flexibility index (Phi) is 5.85. The largest absolute Gasteiger partial charge is 0.418 e. The first-order valence-electron chi connectivity index (χ1n) is 9.20. The maximum atomic E-state index is 13.5. The number of anilines is 1. The van der Waals surface area contributed by atoms with E-state index in [9.17, 15) is 31.1 Å².